The molecule has 0 spiro atoms. The van der Waals surface area contributed by atoms with E-state index >= 15 is 0 Å². The van der Waals surface area contributed by atoms with Crippen LogP contribution in [0.1, 0.15) is 33.3 Å². The first-order valence-electron chi connectivity index (χ1n) is 6.80. The van der Waals surface area contributed by atoms with Crippen molar-refractivity contribution in [3.05, 3.63) is 23.8 Å². The third-order valence-electron chi connectivity index (χ3n) is 3.71. The highest BCUT2D eigenvalue weighted by atomic mass is 16.5. The summed E-state index contributed by atoms with van der Waals surface area (Å²) in [7, 11) is 3.32. The summed E-state index contributed by atoms with van der Waals surface area (Å²) in [4.78, 5) is 0. The van der Waals surface area contributed by atoms with Crippen molar-refractivity contribution < 1.29 is 9.47 Å². The van der Waals surface area contributed by atoms with Crippen molar-refractivity contribution in [1.29, 1.82) is 0 Å². The SMILES string of the molecule is COc1ccc(CNCC(C)C(C)(C)C)cc1OC. The van der Waals surface area contributed by atoms with Gasteiger partial charge in [0.15, 0.2) is 11.5 Å². The van der Waals surface area contributed by atoms with Crippen LogP contribution < -0.4 is 14.8 Å². The lowest BCUT2D eigenvalue weighted by Crippen LogP contribution is -2.29. The second kappa shape index (κ2) is 6.80. The minimum atomic E-state index is 0.338. The highest BCUT2D eigenvalue weighted by molar-refractivity contribution is 5.42. The van der Waals surface area contributed by atoms with Gasteiger partial charge in [0.2, 0.25) is 0 Å². The summed E-state index contributed by atoms with van der Waals surface area (Å²) < 4.78 is 10.5. The Morgan fingerprint density at radius 3 is 2.26 bits per heavy atom. The summed E-state index contributed by atoms with van der Waals surface area (Å²) in [5, 5.41) is 3.50. The number of hydrogen-bond acceptors (Lipinski definition) is 3. The van der Waals surface area contributed by atoms with Gasteiger partial charge in [-0.3, -0.25) is 0 Å². The molecule has 1 N–H and O–H groups in total. The van der Waals surface area contributed by atoms with Crippen molar-refractivity contribution in [1.82, 2.24) is 5.32 Å². The van der Waals surface area contributed by atoms with Gasteiger partial charge in [-0.2, -0.15) is 0 Å². The molecule has 3 heteroatoms. The van der Waals surface area contributed by atoms with Crippen LogP contribution in [-0.4, -0.2) is 20.8 Å². The van der Waals surface area contributed by atoms with Crippen LogP contribution in [0, 0.1) is 11.3 Å². The zero-order valence-corrected chi connectivity index (χ0v) is 13.0. The second-order valence-electron chi connectivity index (χ2n) is 6.09. The van der Waals surface area contributed by atoms with E-state index in [2.05, 4.69) is 39.1 Å². The number of methoxy groups -OCH3 is 2. The zero-order valence-electron chi connectivity index (χ0n) is 13.0. The van der Waals surface area contributed by atoms with E-state index in [0.717, 1.165) is 24.6 Å². The third-order valence-corrected chi connectivity index (χ3v) is 3.71. The molecule has 0 amide bonds. The van der Waals surface area contributed by atoms with Crippen LogP contribution in [0.4, 0.5) is 0 Å². The van der Waals surface area contributed by atoms with Gasteiger partial charge >= 0.3 is 0 Å². The molecule has 0 bridgehead atoms. The van der Waals surface area contributed by atoms with Gasteiger partial charge in [0, 0.05) is 6.54 Å². The Balaban J connectivity index is 2.54. The third kappa shape index (κ3) is 4.75. The van der Waals surface area contributed by atoms with E-state index in [0.29, 0.717) is 11.3 Å². The highest BCUT2D eigenvalue weighted by Crippen LogP contribution is 2.28. The number of benzene rings is 1. The summed E-state index contributed by atoms with van der Waals surface area (Å²) in [6, 6.07) is 6.03. The molecule has 1 aromatic rings. The normalized spacial score (nSPS) is 13.2. The first-order valence-corrected chi connectivity index (χ1v) is 6.80. The lowest BCUT2D eigenvalue weighted by molar-refractivity contribution is 0.252. The minimum Gasteiger partial charge on any atom is -0.493 e. The highest BCUT2D eigenvalue weighted by Gasteiger charge is 2.19. The molecule has 1 rings (SSSR count). The van der Waals surface area contributed by atoms with Crippen molar-refractivity contribution in [2.24, 2.45) is 11.3 Å². The fraction of sp³-hybridized carbons (Fsp3) is 0.625. The molecule has 0 heterocycles. The fourth-order valence-electron chi connectivity index (χ4n) is 1.73. The van der Waals surface area contributed by atoms with E-state index in [1.807, 2.05) is 12.1 Å². The minimum absolute atomic E-state index is 0.338. The van der Waals surface area contributed by atoms with Crippen molar-refractivity contribution in [2.45, 2.75) is 34.2 Å². The van der Waals surface area contributed by atoms with Gasteiger partial charge in [0.05, 0.1) is 14.2 Å². The lowest BCUT2D eigenvalue weighted by Gasteiger charge is -2.27. The van der Waals surface area contributed by atoms with E-state index in [1.54, 1.807) is 14.2 Å². The van der Waals surface area contributed by atoms with Crippen LogP contribution in [0.5, 0.6) is 11.5 Å². The average Bonchev–Trinajstić information content (AvgIpc) is 2.37. The monoisotopic (exact) mass is 265 g/mol. The number of nitrogens with one attached hydrogen (secondary N) is 1. The van der Waals surface area contributed by atoms with Crippen LogP contribution in [-0.2, 0) is 6.54 Å². The first-order chi connectivity index (χ1) is 8.88. The predicted molar refractivity (Wildman–Crippen MR) is 79.9 cm³/mol. The van der Waals surface area contributed by atoms with Crippen LogP contribution in [0.25, 0.3) is 0 Å². The fourth-order valence-corrected chi connectivity index (χ4v) is 1.73. The molecule has 0 aromatic heterocycles. The molecular formula is C16H27NO2. The van der Waals surface area contributed by atoms with Gasteiger partial charge in [0.25, 0.3) is 0 Å². The average molecular weight is 265 g/mol. The van der Waals surface area contributed by atoms with Gasteiger partial charge < -0.3 is 14.8 Å². The number of ether oxygens (including phenoxy) is 2. The largest absolute Gasteiger partial charge is 0.493 e. The van der Waals surface area contributed by atoms with Crippen molar-refractivity contribution >= 4 is 0 Å². The molecule has 1 aromatic carbocycles. The van der Waals surface area contributed by atoms with Gasteiger partial charge in [-0.1, -0.05) is 33.8 Å². The second-order valence-corrected chi connectivity index (χ2v) is 6.09. The predicted octanol–water partition coefficient (Wildman–Crippen LogP) is 3.48. The van der Waals surface area contributed by atoms with Gasteiger partial charge in [-0.05, 0) is 35.6 Å². The molecule has 19 heavy (non-hydrogen) atoms. The van der Waals surface area contributed by atoms with Crippen LogP contribution >= 0.6 is 0 Å². The lowest BCUT2D eigenvalue weighted by atomic mass is 9.82. The topological polar surface area (TPSA) is 30.5 Å². The van der Waals surface area contributed by atoms with Crippen LogP contribution in [0.15, 0.2) is 18.2 Å². The molecule has 0 saturated carbocycles. The maximum atomic E-state index is 5.31. The first kappa shape index (κ1) is 15.8. The molecule has 1 unspecified atom stereocenters. The van der Waals surface area contributed by atoms with Crippen molar-refractivity contribution in [3.8, 4) is 11.5 Å². The van der Waals surface area contributed by atoms with Gasteiger partial charge in [-0.25, -0.2) is 0 Å². The van der Waals surface area contributed by atoms with E-state index in [1.165, 1.54) is 5.56 Å². The molecule has 0 aliphatic carbocycles. The maximum absolute atomic E-state index is 5.31. The van der Waals surface area contributed by atoms with E-state index in [-0.39, 0.29) is 0 Å². The van der Waals surface area contributed by atoms with Gasteiger partial charge in [-0.15, -0.1) is 0 Å². The summed E-state index contributed by atoms with van der Waals surface area (Å²) in [6.07, 6.45) is 0. The molecule has 0 saturated heterocycles. The Morgan fingerprint density at radius 2 is 1.74 bits per heavy atom. The quantitative estimate of drug-likeness (QED) is 0.854. The molecular weight excluding hydrogens is 238 g/mol. The Morgan fingerprint density at radius 1 is 1.11 bits per heavy atom. The molecule has 3 nitrogen and oxygen atoms in total. The Labute approximate surface area is 117 Å². The molecule has 0 radical (unpaired) electrons. The van der Waals surface area contributed by atoms with E-state index in [4.69, 9.17) is 9.47 Å². The van der Waals surface area contributed by atoms with Crippen LogP contribution in [0.2, 0.25) is 0 Å². The maximum Gasteiger partial charge on any atom is 0.161 e. The smallest absolute Gasteiger partial charge is 0.161 e. The molecule has 0 aliphatic heterocycles. The molecule has 0 fully saturated rings. The Kier molecular flexibility index (Phi) is 5.67. The summed E-state index contributed by atoms with van der Waals surface area (Å²) in [5.41, 5.74) is 1.55. The van der Waals surface area contributed by atoms with E-state index < -0.39 is 0 Å². The zero-order chi connectivity index (χ0) is 14.5. The van der Waals surface area contributed by atoms with Crippen molar-refractivity contribution in [2.75, 3.05) is 20.8 Å². The van der Waals surface area contributed by atoms with E-state index in [9.17, 15) is 0 Å². The number of rotatable bonds is 6. The molecule has 0 aliphatic rings. The summed E-state index contributed by atoms with van der Waals surface area (Å²) in [5.74, 6) is 2.19. The summed E-state index contributed by atoms with van der Waals surface area (Å²) >= 11 is 0. The Hall–Kier alpha value is -1.22. The van der Waals surface area contributed by atoms with Crippen molar-refractivity contribution in [3.63, 3.8) is 0 Å². The van der Waals surface area contributed by atoms with Crippen LogP contribution in [0.3, 0.4) is 0 Å². The summed E-state index contributed by atoms with van der Waals surface area (Å²) in [6.45, 7) is 11.0. The molecule has 108 valence electrons. The van der Waals surface area contributed by atoms with Gasteiger partial charge in [0.1, 0.15) is 0 Å². The standard InChI is InChI=1S/C16H27NO2/c1-12(16(2,3)4)10-17-11-13-7-8-14(18-5)15(9-13)19-6/h7-9,12,17H,10-11H2,1-6H3. The molecule has 1 atom stereocenters. The number of hydrogen-bond donors (Lipinski definition) is 1. The Bertz CT molecular complexity index is 396.